The number of hydrogen-bond acceptors (Lipinski definition) is 4. The molecular weight excluding hydrogens is 451 g/mol. The van der Waals surface area contributed by atoms with Gasteiger partial charge in [-0.25, -0.2) is 4.98 Å². The van der Waals surface area contributed by atoms with Crippen molar-refractivity contribution in [1.29, 1.82) is 0 Å². The zero-order valence-electron chi connectivity index (χ0n) is 14.9. The van der Waals surface area contributed by atoms with Crippen LogP contribution in [0.3, 0.4) is 0 Å². The summed E-state index contributed by atoms with van der Waals surface area (Å²) in [7, 11) is 1.44. The van der Waals surface area contributed by atoms with E-state index in [4.69, 9.17) is 9.15 Å². The van der Waals surface area contributed by atoms with E-state index < -0.39 is 11.7 Å². The highest BCUT2D eigenvalue weighted by molar-refractivity contribution is 9.10. The maximum Gasteiger partial charge on any atom is 0.416 e. The first-order chi connectivity index (χ1) is 13.8. The van der Waals surface area contributed by atoms with E-state index in [0.717, 1.165) is 12.1 Å². The number of halogens is 4. The fourth-order valence-corrected chi connectivity index (χ4v) is 3.47. The molecule has 0 radical (unpaired) electrons. The summed E-state index contributed by atoms with van der Waals surface area (Å²) in [4.78, 5) is 4.40. The number of phenols is 1. The van der Waals surface area contributed by atoms with E-state index in [1.54, 1.807) is 30.3 Å². The van der Waals surface area contributed by atoms with E-state index in [9.17, 15) is 18.3 Å². The minimum atomic E-state index is -4.38. The smallest absolute Gasteiger partial charge is 0.416 e. The van der Waals surface area contributed by atoms with E-state index in [2.05, 4.69) is 20.9 Å². The topological polar surface area (TPSA) is 55.5 Å². The van der Waals surface area contributed by atoms with Gasteiger partial charge in [-0.2, -0.15) is 13.2 Å². The molecule has 3 aromatic carbocycles. The van der Waals surface area contributed by atoms with Gasteiger partial charge in [0.15, 0.2) is 17.1 Å². The third-order valence-corrected chi connectivity index (χ3v) is 5.12. The molecule has 1 aromatic heterocycles. The lowest BCUT2D eigenvalue weighted by molar-refractivity contribution is -0.137. The molecule has 0 aliphatic heterocycles. The molecule has 29 heavy (non-hydrogen) atoms. The Morgan fingerprint density at radius 2 is 1.69 bits per heavy atom. The monoisotopic (exact) mass is 463 g/mol. The average molecular weight is 464 g/mol. The van der Waals surface area contributed by atoms with Gasteiger partial charge in [0.2, 0.25) is 5.89 Å². The van der Waals surface area contributed by atoms with E-state index in [0.29, 0.717) is 32.3 Å². The minimum absolute atomic E-state index is 0.114. The van der Waals surface area contributed by atoms with Gasteiger partial charge in [-0.1, -0.05) is 18.2 Å². The van der Waals surface area contributed by atoms with Crippen molar-refractivity contribution in [2.45, 2.75) is 6.18 Å². The standard InChI is InChI=1S/C21H13BrF3NO3/c1-28-16-9-7-14(22)18(19(16)27)20-26-15-8-4-12(10-17(15)29-20)11-2-5-13(6-3-11)21(23,24)25/h2-10,27H,1H3. The van der Waals surface area contributed by atoms with Crippen LogP contribution in [-0.2, 0) is 6.18 Å². The van der Waals surface area contributed by atoms with Crippen LogP contribution in [0.2, 0.25) is 0 Å². The highest BCUT2D eigenvalue weighted by Crippen LogP contribution is 2.43. The fraction of sp³-hybridized carbons (Fsp3) is 0.0952. The molecule has 4 aromatic rings. The molecule has 8 heteroatoms. The van der Waals surface area contributed by atoms with E-state index in [-0.39, 0.29) is 17.4 Å². The lowest BCUT2D eigenvalue weighted by Crippen LogP contribution is -2.03. The first-order valence-electron chi connectivity index (χ1n) is 8.42. The van der Waals surface area contributed by atoms with Crippen molar-refractivity contribution in [2.75, 3.05) is 7.11 Å². The molecule has 148 valence electrons. The Hall–Kier alpha value is -3.00. The Kier molecular flexibility index (Phi) is 4.74. The van der Waals surface area contributed by atoms with E-state index in [1.165, 1.54) is 19.2 Å². The maximum absolute atomic E-state index is 12.8. The summed E-state index contributed by atoms with van der Waals surface area (Å²) < 4.78 is 49.8. The van der Waals surface area contributed by atoms with Gasteiger partial charge in [0, 0.05) is 4.47 Å². The van der Waals surface area contributed by atoms with Crippen LogP contribution in [0.5, 0.6) is 11.5 Å². The number of benzene rings is 3. The number of aromatic nitrogens is 1. The predicted molar refractivity (Wildman–Crippen MR) is 106 cm³/mol. The van der Waals surface area contributed by atoms with Crippen LogP contribution in [0.25, 0.3) is 33.7 Å². The molecule has 0 aliphatic carbocycles. The highest BCUT2D eigenvalue weighted by Gasteiger charge is 2.30. The SMILES string of the molecule is COc1ccc(Br)c(-c2nc3ccc(-c4ccc(C(F)(F)F)cc4)cc3o2)c1O. The number of methoxy groups -OCH3 is 1. The summed E-state index contributed by atoms with van der Waals surface area (Å²) in [5, 5.41) is 10.4. The molecule has 0 spiro atoms. The number of alkyl halides is 3. The van der Waals surface area contributed by atoms with Gasteiger partial charge >= 0.3 is 6.18 Å². The summed E-state index contributed by atoms with van der Waals surface area (Å²) >= 11 is 3.37. The van der Waals surface area contributed by atoms with Crippen molar-refractivity contribution in [1.82, 2.24) is 4.98 Å². The predicted octanol–water partition coefficient (Wildman–Crippen LogP) is 6.66. The quantitative estimate of drug-likeness (QED) is 0.369. The Morgan fingerprint density at radius 3 is 2.34 bits per heavy atom. The summed E-state index contributed by atoms with van der Waals surface area (Å²) in [6.45, 7) is 0. The van der Waals surface area contributed by atoms with E-state index in [1.807, 2.05) is 0 Å². The van der Waals surface area contributed by atoms with Crippen molar-refractivity contribution in [3.05, 3.63) is 64.6 Å². The van der Waals surface area contributed by atoms with Crippen molar-refractivity contribution in [3.63, 3.8) is 0 Å². The fourth-order valence-electron chi connectivity index (χ4n) is 2.98. The van der Waals surface area contributed by atoms with Gasteiger partial charge in [0.1, 0.15) is 5.52 Å². The van der Waals surface area contributed by atoms with E-state index >= 15 is 0 Å². The van der Waals surface area contributed by atoms with Crippen molar-refractivity contribution in [2.24, 2.45) is 0 Å². The van der Waals surface area contributed by atoms with Crippen molar-refractivity contribution >= 4 is 27.0 Å². The molecule has 0 amide bonds. The second-order valence-corrected chi connectivity index (χ2v) is 7.10. The van der Waals surface area contributed by atoms with Crippen LogP contribution in [0.4, 0.5) is 13.2 Å². The summed E-state index contributed by atoms with van der Waals surface area (Å²) in [5.41, 5.74) is 1.92. The Bertz CT molecular complexity index is 1200. The van der Waals surface area contributed by atoms with Crippen LogP contribution in [0.1, 0.15) is 5.56 Å². The third-order valence-electron chi connectivity index (χ3n) is 4.46. The summed E-state index contributed by atoms with van der Waals surface area (Å²) in [6, 6.07) is 13.4. The zero-order chi connectivity index (χ0) is 20.8. The molecular formula is C21H13BrF3NO3. The number of oxazole rings is 1. The molecule has 1 heterocycles. The maximum atomic E-state index is 12.8. The number of phenolic OH excluding ortho intramolecular Hbond substituents is 1. The molecule has 4 nitrogen and oxygen atoms in total. The molecule has 0 saturated carbocycles. The Labute approximate surface area is 171 Å². The molecule has 0 bridgehead atoms. The van der Waals surface area contributed by atoms with Crippen LogP contribution < -0.4 is 4.74 Å². The lowest BCUT2D eigenvalue weighted by Gasteiger charge is -2.08. The molecule has 1 N–H and O–H groups in total. The second kappa shape index (κ2) is 7.11. The van der Waals surface area contributed by atoms with Gasteiger partial charge in [-0.05, 0) is 63.5 Å². The first kappa shape index (κ1) is 19.3. The number of nitrogens with zero attached hydrogens (tertiary/aromatic N) is 1. The lowest BCUT2D eigenvalue weighted by atomic mass is 10.0. The average Bonchev–Trinajstić information content (AvgIpc) is 3.10. The largest absolute Gasteiger partial charge is 0.504 e. The summed E-state index contributed by atoms with van der Waals surface area (Å²) in [5.74, 6) is 0.347. The van der Waals surface area contributed by atoms with Gasteiger partial charge < -0.3 is 14.3 Å². The normalized spacial score (nSPS) is 11.8. The number of hydrogen-bond donors (Lipinski definition) is 1. The third kappa shape index (κ3) is 3.55. The van der Waals surface area contributed by atoms with Crippen molar-refractivity contribution < 1.29 is 27.4 Å². The molecule has 0 fully saturated rings. The van der Waals surface area contributed by atoms with Gasteiger partial charge in [-0.3, -0.25) is 0 Å². The number of rotatable bonds is 3. The zero-order valence-corrected chi connectivity index (χ0v) is 16.5. The molecule has 0 atom stereocenters. The minimum Gasteiger partial charge on any atom is -0.504 e. The molecule has 0 saturated heterocycles. The van der Waals surface area contributed by atoms with Crippen LogP contribution in [0, 0.1) is 0 Å². The molecule has 0 aliphatic rings. The van der Waals surface area contributed by atoms with Crippen LogP contribution in [-0.4, -0.2) is 17.2 Å². The van der Waals surface area contributed by atoms with Gasteiger partial charge in [-0.15, -0.1) is 0 Å². The summed E-state index contributed by atoms with van der Waals surface area (Å²) in [6.07, 6.45) is -4.38. The van der Waals surface area contributed by atoms with Crippen molar-refractivity contribution in [3.8, 4) is 34.1 Å². The number of aromatic hydroxyl groups is 1. The molecule has 0 unspecified atom stereocenters. The van der Waals surface area contributed by atoms with Crippen LogP contribution in [0.15, 0.2) is 63.5 Å². The second-order valence-electron chi connectivity index (χ2n) is 6.25. The van der Waals surface area contributed by atoms with Gasteiger partial charge in [0.05, 0.1) is 18.2 Å². The number of fused-ring (bicyclic) bond motifs is 1. The highest BCUT2D eigenvalue weighted by atomic mass is 79.9. The van der Waals surface area contributed by atoms with Crippen LogP contribution >= 0.6 is 15.9 Å². The molecule has 4 rings (SSSR count). The van der Waals surface area contributed by atoms with Gasteiger partial charge in [0.25, 0.3) is 0 Å². The Morgan fingerprint density at radius 1 is 1.00 bits per heavy atom. The number of ether oxygens (including phenoxy) is 1. The Balaban J connectivity index is 1.76. The first-order valence-corrected chi connectivity index (χ1v) is 9.21.